The second kappa shape index (κ2) is 12.4. The van der Waals surface area contributed by atoms with Crippen LogP contribution in [-0.4, -0.2) is 20.8 Å². The van der Waals surface area contributed by atoms with Crippen LogP contribution >= 0.6 is 0 Å². The van der Waals surface area contributed by atoms with E-state index >= 15 is 0 Å². The van der Waals surface area contributed by atoms with E-state index in [-0.39, 0.29) is 20.1 Å². The van der Waals surface area contributed by atoms with Crippen molar-refractivity contribution >= 4 is 43.8 Å². The third-order valence-electron chi connectivity index (χ3n) is 8.46. The molecular formula is C39H35IrN4. The largest absolute Gasteiger partial charge is 3.00 e. The number of nitrogens with zero attached hydrogens (tertiary/aromatic N) is 4. The van der Waals surface area contributed by atoms with Crippen molar-refractivity contribution in [2.75, 3.05) is 11.4 Å². The molecule has 5 heteroatoms. The summed E-state index contributed by atoms with van der Waals surface area (Å²) in [5.41, 5.74) is 10.7. The van der Waals surface area contributed by atoms with Crippen LogP contribution in [0, 0.1) is 39.6 Å². The van der Waals surface area contributed by atoms with Crippen LogP contribution < -0.4 is 4.90 Å². The van der Waals surface area contributed by atoms with Crippen molar-refractivity contribution in [3.63, 3.8) is 0 Å². The number of hydrogen-bond donors (Lipinski definition) is 0. The summed E-state index contributed by atoms with van der Waals surface area (Å²) in [5, 5.41) is 5.06. The van der Waals surface area contributed by atoms with E-state index in [9.17, 15) is 0 Å². The second-order valence-electron chi connectivity index (χ2n) is 11.5. The van der Waals surface area contributed by atoms with Gasteiger partial charge in [0.25, 0.3) is 0 Å². The Morgan fingerprint density at radius 2 is 1.57 bits per heavy atom. The summed E-state index contributed by atoms with van der Waals surface area (Å²) in [6, 6.07) is 34.9. The molecule has 0 aliphatic carbocycles. The number of benzene rings is 4. The second-order valence-corrected chi connectivity index (χ2v) is 11.5. The van der Waals surface area contributed by atoms with Gasteiger partial charge in [0.15, 0.2) is 0 Å². The van der Waals surface area contributed by atoms with Crippen LogP contribution in [0.5, 0.6) is 0 Å². The fourth-order valence-electron chi connectivity index (χ4n) is 5.92. The van der Waals surface area contributed by atoms with Crippen LogP contribution in [0.3, 0.4) is 0 Å². The molecule has 3 aromatic heterocycles. The maximum absolute atomic E-state index is 4.41. The summed E-state index contributed by atoms with van der Waals surface area (Å²) >= 11 is 0. The molecule has 0 radical (unpaired) electrons. The van der Waals surface area contributed by atoms with Gasteiger partial charge in [-0.15, -0.1) is 52.9 Å². The van der Waals surface area contributed by atoms with E-state index in [4.69, 9.17) is 0 Å². The number of anilines is 1. The predicted molar refractivity (Wildman–Crippen MR) is 180 cm³/mol. The van der Waals surface area contributed by atoms with Gasteiger partial charge in [-0.1, -0.05) is 84.8 Å². The minimum Gasteiger partial charge on any atom is -0.508 e. The molecule has 4 nitrogen and oxygen atoms in total. The molecule has 0 unspecified atom stereocenters. The first-order chi connectivity index (χ1) is 21.0. The molecule has 44 heavy (non-hydrogen) atoms. The Hall–Kier alpha value is -4.18. The van der Waals surface area contributed by atoms with Crippen molar-refractivity contribution < 1.29 is 20.1 Å². The number of unbranched alkanes of at least 4 members (excludes halogenated alkanes) is 1. The van der Waals surface area contributed by atoms with E-state index in [1.807, 2.05) is 12.3 Å². The number of pyridine rings is 1. The molecule has 0 fully saturated rings. The summed E-state index contributed by atoms with van der Waals surface area (Å²) in [4.78, 5) is 8.86. The van der Waals surface area contributed by atoms with E-state index in [1.54, 1.807) is 0 Å². The molecule has 0 saturated carbocycles. The molecule has 4 aromatic carbocycles. The van der Waals surface area contributed by atoms with Gasteiger partial charge in [-0.25, -0.2) is 0 Å². The summed E-state index contributed by atoms with van der Waals surface area (Å²) in [5.74, 6) is 0. The van der Waals surface area contributed by atoms with Crippen LogP contribution in [0.4, 0.5) is 5.69 Å². The van der Waals surface area contributed by atoms with Crippen LogP contribution in [0.2, 0.25) is 0 Å². The minimum atomic E-state index is 0. The van der Waals surface area contributed by atoms with Gasteiger partial charge in [0.1, 0.15) is 0 Å². The normalized spacial score (nSPS) is 12.8. The Kier molecular flexibility index (Phi) is 8.44. The van der Waals surface area contributed by atoms with Crippen LogP contribution in [-0.2, 0) is 20.1 Å². The van der Waals surface area contributed by atoms with Gasteiger partial charge in [-0.05, 0) is 73.5 Å². The van der Waals surface area contributed by atoms with Gasteiger partial charge in [0.05, 0.1) is 0 Å². The SMILES string of the molecule is CCCCN1C=CN(c2[c-]c3c4ccccc4n4c5ccccc5c(c2)c34)[CH-]1.Cc1c[c-]c(-c2cc(C)c(C)cn2)cc1.[Ir+3]. The number of aromatic nitrogens is 2. The van der Waals surface area contributed by atoms with E-state index < -0.39 is 0 Å². The smallest absolute Gasteiger partial charge is 0.508 e. The molecular weight excluding hydrogens is 717 g/mol. The van der Waals surface area contributed by atoms with Gasteiger partial charge < -0.3 is 19.2 Å². The monoisotopic (exact) mass is 752 g/mol. The number of para-hydroxylation sites is 2. The molecule has 0 N–H and O–H groups in total. The standard InChI is InChI=1S/C25H21N3.C14H14N.Ir/c1-2-3-12-26-13-14-27(17-26)18-15-21-19-8-4-6-10-23(19)28-24-11-7-5-9-20(24)22(16-18)25(21)28;1-10-4-6-13(7-5-10)14-8-11(2)12(3)9-15-14;/h4-11,13-15,17H,2-3,12H2,1H3;4-6,8-9H,1-3H3;/q-2;-1;+3. The van der Waals surface area contributed by atoms with Crippen molar-refractivity contribution in [2.24, 2.45) is 0 Å². The fourth-order valence-corrected chi connectivity index (χ4v) is 5.92. The zero-order chi connectivity index (χ0) is 29.5. The Bertz CT molecular complexity index is 2010. The first kappa shape index (κ1) is 29.9. The molecule has 0 saturated heterocycles. The van der Waals surface area contributed by atoms with Gasteiger partial charge >= 0.3 is 20.1 Å². The Labute approximate surface area is 273 Å². The predicted octanol–water partition coefficient (Wildman–Crippen LogP) is 9.62. The summed E-state index contributed by atoms with van der Waals surface area (Å²) in [6.07, 6.45) is 8.61. The fraction of sp³-hybridized carbons (Fsp3) is 0.179. The number of rotatable bonds is 5. The zero-order valence-electron chi connectivity index (χ0n) is 25.6. The van der Waals surface area contributed by atoms with Crippen molar-refractivity contribution in [2.45, 2.75) is 40.5 Å². The third kappa shape index (κ3) is 5.36. The zero-order valence-corrected chi connectivity index (χ0v) is 28.0. The molecule has 0 atom stereocenters. The van der Waals surface area contributed by atoms with Crippen molar-refractivity contribution in [1.82, 2.24) is 14.3 Å². The number of hydrogen-bond acceptors (Lipinski definition) is 3. The van der Waals surface area contributed by atoms with E-state index in [2.05, 4.69) is 151 Å². The van der Waals surface area contributed by atoms with Crippen molar-refractivity contribution in [3.8, 4) is 11.3 Å². The molecule has 0 amide bonds. The van der Waals surface area contributed by atoms with Gasteiger partial charge in [0, 0.05) is 17.2 Å². The first-order valence-corrected chi connectivity index (χ1v) is 15.1. The van der Waals surface area contributed by atoms with Gasteiger partial charge in [-0.2, -0.15) is 6.67 Å². The molecule has 0 spiro atoms. The molecule has 0 bridgehead atoms. The van der Waals surface area contributed by atoms with Crippen LogP contribution in [0.15, 0.2) is 97.5 Å². The van der Waals surface area contributed by atoms with Gasteiger partial charge in [0.2, 0.25) is 0 Å². The topological polar surface area (TPSA) is 23.8 Å². The Morgan fingerprint density at radius 1 is 0.818 bits per heavy atom. The quantitative estimate of drug-likeness (QED) is 0.164. The molecule has 4 heterocycles. The van der Waals surface area contributed by atoms with Crippen LogP contribution in [0.25, 0.3) is 49.4 Å². The molecule has 1 aliphatic rings. The van der Waals surface area contributed by atoms with E-state index in [0.717, 1.165) is 23.5 Å². The van der Waals surface area contributed by atoms with Crippen molar-refractivity contribution in [3.05, 3.63) is 133 Å². The molecule has 1 aliphatic heterocycles. The van der Waals surface area contributed by atoms with E-state index in [0.29, 0.717) is 0 Å². The average Bonchev–Trinajstić information content (AvgIpc) is 3.74. The minimum absolute atomic E-state index is 0. The maximum Gasteiger partial charge on any atom is 3.00 e. The van der Waals surface area contributed by atoms with E-state index in [1.165, 1.54) is 67.6 Å². The van der Waals surface area contributed by atoms with Gasteiger partial charge in [-0.3, -0.25) is 0 Å². The number of aryl methyl sites for hydroxylation is 3. The maximum atomic E-state index is 4.41. The Balaban J connectivity index is 0.000000183. The number of fused-ring (bicyclic) bond motifs is 6. The molecule has 8 rings (SSSR count). The Morgan fingerprint density at radius 3 is 2.30 bits per heavy atom. The average molecular weight is 752 g/mol. The first-order valence-electron chi connectivity index (χ1n) is 15.1. The third-order valence-corrected chi connectivity index (χ3v) is 8.46. The summed E-state index contributed by atoms with van der Waals surface area (Å²) in [6.45, 7) is 11.7. The molecule has 220 valence electrons. The summed E-state index contributed by atoms with van der Waals surface area (Å²) < 4.78 is 2.40. The molecule has 7 aromatic rings. The van der Waals surface area contributed by atoms with Crippen LogP contribution in [0.1, 0.15) is 36.5 Å². The van der Waals surface area contributed by atoms with Crippen molar-refractivity contribution in [1.29, 1.82) is 0 Å². The summed E-state index contributed by atoms with van der Waals surface area (Å²) in [7, 11) is 0.